The fraction of sp³-hybridized carbons (Fsp3) is 0.385. The Morgan fingerprint density at radius 2 is 1.95 bits per heavy atom. The van der Waals surface area contributed by atoms with Crippen LogP contribution in [0.4, 0.5) is 5.69 Å². The molecule has 1 aromatic rings. The van der Waals surface area contributed by atoms with E-state index < -0.39 is 21.5 Å². The van der Waals surface area contributed by atoms with Crippen molar-refractivity contribution in [3.63, 3.8) is 0 Å². The number of thiocarbonyl (C=S) groups is 1. The maximum absolute atomic E-state index is 11.7. The zero-order chi connectivity index (χ0) is 15.9. The average Bonchev–Trinajstić information content (AvgIpc) is 2.38. The van der Waals surface area contributed by atoms with Crippen molar-refractivity contribution < 1.29 is 17.9 Å². The number of anilines is 1. The van der Waals surface area contributed by atoms with Crippen LogP contribution in [0.2, 0.25) is 0 Å². The van der Waals surface area contributed by atoms with E-state index in [2.05, 4.69) is 17.5 Å². The van der Waals surface area contributed by atoms with Crippen LogP contribution >= 0.6 is 12.2 Å². The molecule has 0 fully saturated rings. The minimum Gasteiger partial charge on any atom is -0.494 e. The number of carbonyl (C=O) groups excluding carboxylic acids is 1. The van der Waals surface area contributed by atoms with Crippen LogP contribution in [0.5, 0.6) is 5.75 Å². The van der Waals surface area contributed by atoms with Crippen LogP contribution in [0, 0.1) is 0 Å². The topological polar surface area (TPSA) is 98.5 Å². The van der Waals surface area contributed by atoms with Crippen molar-refractivity contribution in [1.29, 1.82) is 0 Å². The molecule has 6 nitrogen and oxygen atoms in total. The summed E-state index contributed by atoms with van der Waals surface area (Å²) >= 11 is 4.62. The van der Waals surface area contributed by atoms with Gasteiger partial charge in [0.15, 0.2) is 9.84 Å². The zero-order valence-electron chi connectivity index (χ0n) is 11.7. The van der Waals surface area contributed by atoms with E-state index in [0.717, 1.165) is 0 Å². The molecular formula is C13H18N2O4S2. The Labute approximate surface area is 129 Å². The first-order chi connectivity index (χ1) is 9.82. The van der Waals surface area contributed by atoms with E-state index in [4.69, 9.17) is 10.5 Å². The number of hydrogen-bond donors (Lipinski definition) is 2. The minimum atomic E-state index is -3.52. The molecular weight excluding hydrogens is 312 g/mol. The molecule has 0 aromatic heterocycles. The summed E-state index contributed by atoms with van der Waals surface area (Å²) in [5.41, 5.74) is 5.75. The van der Waals surface area contributed by atoms with Crippen LogP contribution in [0.3, 0.4) is 0 Å². The Bertz CT molecular complexity index is 597. The van der Waals surface area contributed by atoms with Crippen molar-refractivity contribution in [3.05, 3.63) is 24.3 Å². The number of carbonyl (C=O) groups is 1. The fourth-order valence-electron chi connectivity index (χ4n) is 1.53. The SMILES string of the molecule is CCOc1ccc(NC(=O)CS(=O)(=O)CCC(N)=S)cc1. The normalized spacial score (nSPS) is 10.9. The summed E-state index contributed by atoms with van der Waals surface area (Å²) in [4.78, 5) is 11.8. The highest BCUT2D eigenvalue weighted by Gasteiger charge is 2.17. The van der Waals surface area contributed by atoms with Crippen LogP contribution in [0.15, 0.2) is 24.3 Å². The molecule has 1 amide bonds. The van der Waals surface area contributed by atoms with Crippen LogP contribution in [0.25, 0.3) is 0 Å². The average molecular weight is 330 g/mol. The van der Waals surface area contributed by atoms with Gasteiger partial charge in [-0.3, -0.25) is 4.79 Å². The summed E-state index contributed by atoms with van der Waals surface area (Å²) in [6.07, 6.45) is 0.0774. The van der Waals surface area contributed by atoms with Gasteiger partial charge in [0.1, 0.15) is 11.5 Å². The molecule has 8 heteroatoms. The van der Waals surface area contributed by atoms with Crippen LogP contribution in [-0.2, 0) is 14.6 Å². The fourth-order valence-corrected chi connectivity index (χ4v) is 2.90. The Balaban J connectivity index is 2.54. The predicted molar refractivity (Wildman–Crippen MR) is 86.3 cm³/mol. The molecule has 0 bridgehead atoms. The van der Waals surface area contributed by atoms with Crippen molar-refractivity contribution in [2.45, 2.75) is 13.3 Å². The molecule has 0 aliphatic heterocycles. The zero-order valence-corrected chi connectivity index (χ0v) is 13.3. The lowest BCUT2D eigenvalue weighted by Crippen LogP contribution is -2.26. The van der Waals surface area contributed by atoms with Gasteiger partial charge in [-0.05, 0) is 31.2 Å². The molecule has 0 unspecified atom stereocenters. The van der Waals surface area contributed by atoms with Crippen molar-refractivity contribution in [2.75, 3.05) is 23.4 Å². The molecule has 0 spiro atoms. The molecule has 21 heavy (non-hydrogen) atoms. The van der Waals surface area contributed by atoms with Gasteiger partial charge in [0.25, 0.3) is 0 Å². The van der Waals surface area contributed by atoms with Crippen molar-refractivity contribution >= 4 is 38.6 Å². The monoisotopic (exact) mass is 330 g/mol. The summed E-state index contributed by atoms with van der Waals surface area (Å²) in [6, 6.07) is 6.68. The standard InChI is InChI=1S/C13H18N2O4S2/c1-2-19-11-5-3-10(4-6-11)15-13(16)9-21(17,18)8-7-12(14)20/h3-6H,2,7-9H2,1H3,(H2,14,20)(H,15,16). The maximum atomic E-state index is 11.7. The molecule has 0 saturated carbocycles. The quantitative estimate of drug-likeness (QED) is 0.693. The van der Waals surface area contributed by atoms with Crippen LogP contribution in [0.1, 0.15) is 13.3 Å². The Hall–Kier alpha value is -1.67. The van der Waals surface area contributed by atoms with E-state index in [-0.39, 0.29) is 17.2 Å². The summed E-state index contributed by atoms with van der Waals surface area (Å²) in [6.45, 7) is 2.42. The van der Waals surface area contributed by atoms with E-state index in [9.17, 15) is 13.2 Å². The van der Waals surface area contributed by atoms with Gasteiger partial charge in [0, 0.05) is 12.1 Å². The Morgan fingerprint density at radius 1 is 1.33 bits per heavy atom. The summed E-state index contributed by atoms with van der Waals surface area (Å²) < 4.78 is 28.6. The number of hydrogen-bond acceptors (Lipinski definition) is 5. The molecule has 0 atom stereocenters. The number of nitrogens with one attached hydrogen (secondary N) is 1. The summed E-state index contributed by atoms with van der Waals surface area (Å²) in [7, 11) is -3.52. The second kappa shape index (κ2) is 7.94. The highest BCUT2D eigenvalue weighted by atomic mass is 32.2. The van der Waals surface area contributed by atoms with Gasteiger partial charge < -0.3 is 15.8 Å². The van der Waals surface area contributed by atoms with Crippen molar-refractivity contribution in [3.8, 4) is 5.75 Å². The minimum absolute atomic E-state index is 0.0774. The van der Waals surface area contributed by atoms with Gasteiger partial charge in [0.05, 0.1) is 17.3 Å². The third-order valence-corrected chi connectivity index (χ3v) is 4.19. The third kappa shape index (κ3) is 7.05. The molecule has 0 aliphatic carbocycles. The number of sulfone groups is 1. The van der Waals surface area contributed by atoms with Crippen molar-refractivity contribution in [2.24, 2.45) is 5.73 Å². The lowest BCUT2D eigenvalue weighted by Gasteiger charge is -2.07. The number of amides is 1. The van der Waals surface area contributed by atoms with Gasteiger partial charge in [-0.25, -0.2) is 8.42 Å². The molecule has 116 valence electrons. The molecule has 0 radical (unpaired) electrons. The Kier molecular flexibility index (Phi) is 6.57. The second-order valence-electron chi connectivity index (χ2n) is 4.31. The van der Waals surface area contributed by atoms with Crippen LogP contribution in [-0.4, -0.2) is 37.4 Å². The van der Waals surface area contributed by atoms with E-state index in [0.29, 0.717) is 18.0 Å². The number of nitrogens with two attached hydrogens (primary N) is 1. The largest absolute Gasteiger partial charge is 0.494 e. The predicted octanol–water partition coefficient (Wildman–Crippen LogP) is 1.11. The number of benzene rings is 1. The van der Waals surface area contributed by atoms with Gasteiger partial charge in [0.2, 0.25) is 5.91 Å². The molecule has 3 N–H and O–H groups in total. The second-order valence-corrected chi connectivity index (χ2v) is 7.02. The van der Waals surface area contributed by atoms with Gasteiger partial charge in [-0.15, -0.1) is 0 Å². The first-order valence-electron chi connectivity index (χ1n) is 6.34. The lowest BCUT2D eigenvalue weighted by atomic mass is 10.3. The molecule has 0 saturated heterocycles. The molecule has 1 aromatic carbocycles. The maximum Gasteiger partial charge on any atom is 0.239 e. The highest BCUT2D eigenvalue weighted by Crippen LogP contribution is 2.15. The van der Waals surface area contributed by atoms with Gasteiger partial charge >= 0.3 is 0 Å². The van der Waals surface area contributed by atoms with Crippen molar-refractivity contribution in [1.82, 2.24) is 0 Å². The molecule has 0 aliphatic rings. The van der Waals surface area contributed by atoms with E-state index in [1.165, 1.54) is 0 Å². The Morgan fingerprint density at radius 3 is 2.48 bits per heavy atom. The van der Waals surface area contributed by atoms with E-state index in [1.807, 2.05) is 6.92 Å². The first-order valence-corrected chi connectivity index (χ1v) is 8.57. The number of ether oxygens (including phenoxy) is 1. The van der Waals surface area contributed by atoms with Crippen LogP contribution < -0.4 is 15.8 Å². The lowest BCUT2D eigenvalue weighted by molar-refractivity contribution is -0.113. The summed E-state index contributed by atoms with van der Waals surface area (Å²) in [5.74, 6) is -0.733. The highest BCUT2D eigenvalue weighted by molar-refractivity contribution is 7.92. The number of rotatable bonds is 8. The summed E-state index contributed by atoms with van der Waals surface area (Å²) in [5, 5.41) is 2.52. The smallest absolute Gasteiger partial charge is 0.239 e. The molecule has 1 rings (SSSR count). The van der Waals surface area contributed by atoms with E-state index in [1.54, 1.807) is 24.3 Å². The van der Waals surface area contributed by atoms with Gasteiger partial charge in [-0.2, -0.15) is 0 Å². The van der Waals surface area contributed by atoms with E-state index >= 15 is 0 Å². The first kappa shape index (κ1) is 17.4. The van der Waals surface area contributed by atoms with Gasteiger partial charge in [-0.1, -0.05) is 12.2 Å². The molecule has 0 heterocycles. The third-order valence-electron chi connectivity index (χ3n) is 2.46.